The summed E-state index contributed by atoms with van der Waals surface area (Å²) < 4.78 is 28.6. The smallest absolute Gasteiger partial charge is 0.248 e. The Morgan fingerprint density at radius 3 is 2.43 bits per heavy atom. The van der Waals surface area contributed by atoms with Crippen LogP contribution in [0.2, 0.25) is 0 Å². The molecule has 1 saturated heterocycles. The molecule has 3 fully saturated rings. The lowest BCUT2D eigenvalue weighted by Gasteiger charge is -2.35. The quantitative estimate of drug-likeness (QED) is 0.909. The van der Waals surface area contributed by atoms with Gasteiger partial charge in [0.2, 0.25) is 5.92 Å². The zero-order valence-electron chi connectivity index (χ0n) is 13.3. The monoisotopic (exact) mass is 325 g/mol. The third kappa shape index (κ3) is 3.03. The number of halogens is 2. The maximum Gasteiger partial charge on any atom is 0.248 e. The fourth-order valence-corrected chi connectivity index (χ4v) is 4.89. The van der Waals surface area contributed by atoms with Crippen molar-refractivity contribution in [3.05, 3.63) is 18.5 Å². The molecule has 1 aromatic rings. The third-order valence-electron chi connectivity index (χ3n) is 6.21. The van der Waals surface area contributed by atoms with E-state index in [4.69, 9.17) is 0 Å². The first-order chi connectivity index (χ1) is 11.0. The normalized spacial score (nSPS) is 38.6. The first kappa shape index (κ1) is 15.5. The minimum absolute atomic E-state index is 0.0298. The highest BCUT2D eigenvalue weighted by molar-refractivity contribution is 4.98. The summed E-state index contributed by atoms with van der Waals surface area (Å²) in [5.41, 5.74) is 0. The lowest BCUT2D eigenvalue weighted by atomic mass is 9.77. The predicted molar refractivity (Wildman–Crippen MR) is 82.3 cm³/mol. The van der Waals surface area contributed by atoms with Crippen molar-refractivity contribution in [2.45, 2.75) is 62.6 Å². The van der Waals surface area contributed by atoms with Crippen molar-refractivity contribution >= 4 is 0 Å². The maximum atomic E-state index is 13.4. The van der Waals surface area contributed by atoms with Crippen LogP contribution in [0.15, 0.2) is 18.5 Å². The molecule has 0 spiro atoms. The van der Waals surface area contributed by atoms with Crippen LogP contribution in [-0.4, -0.2) is 50.9 Å². The van der Waals surface area contributed by atoms with Gasteiger partial charge < -0.3 is 5.11 Å². The Bertz CT molecular complexity index is 526. The van der Waals surface area contributed by atoms with Gasteiger partial charge in [0.05, 0.1) is 12.1 Å². The number of nitrogens with zero attached hydrogens (tertiary/aromatic N) is 3. The van der Waals surface area contributed by atoms with Gasteiger partial charge in [0.1, 0.15) is 0 Å². The second-order valence-corrected chi connectivity index (χ2v) is 7.65. The van der Waals surface area contributed by atoms with Crippen molar-refractivity contribution in [3.63, 3.8) is 0 Å². The Morgan fingerprint density at radius 2 is 1.78 bits per heavy atom. The lowest BCUT2D eigenvalue weighted by molar-refractivity contribution is -0.0520. The first-order valence-electron chi connectivity index (χ1n) is 8.81. The van der Waals surface area contributed by atoms with E-state index in [1.54, 1.807) is 6.20 Å². The van der Waals surface area contributed by atoms with Gasteiger partial charge in [0.25, 0.3) is 0 Å². The van der Waals surface area contributed by atoms with Gasteiger partial charge in [0.15, 0.2) is 0 Å². The Hall–Kier alpha value is -1.01. The molecule has 2 heterocycles. The molecule has 1 aliphatic heterocycles. The molecule has 3 aliphatic rings. The highest BCUT2D eigenvalue weighted by Crippen LogP contribution is 2.44. The summed E-state index contributed by atoms with van der Waals surface area (Å²) in [5, 5.41) is 14.8. The average molecular weight is 325 g/mol. The van der Waals surface area contributed by atoms with E-state index in [-0.39, 0.29) is 25.0 Å². The van der Waals surface area contributed by atoms with Crippen LogP contribution in [0, 0.1) is 11.8 Å². The Balaban J connectivity index is 1.40. The number of hydrogen-bond acceptors (Lipinski definition) is 3. The highest BCUT2D eigenvalue weighted by Gasteiger charge is 2.45. The van der Waals surface area contributed by atoms with Crippen molar-refractivity contribution in [1.29, 1.82) is 0 Å². The summed E-state index contributed by atoms with van der Waals surface area (Å²) in [7, 11) is 0. The molecule has 0 bridgehead atoms. The fraction of sp³-hybridized carbons (Fsp3) is 0.824. The van der Waals surface area contributed by atoms with Crippen molar-refractivity contribution in [3.8, 4) is 0 Å². The molecule has 0 aromatic carbocycles. The van der Waals surface area contributed by atoms with Gasteiger partial charge in [0, 0.05) is 44.4 Å². The standard InChI is InChI=1S/C17H25F2N3O/c18-17(19)4-2-14(3-5-17)21-10-12-8-15(22-7-1-6-20-22)16(23)9-13(12)11-21/h1,6-7,12-16,23H,2-5,8-11H2/t12-,13+,15-,16-/m0/s1. The minimum Gasteiger partial charge on any atom is -0.391 e. The molecule has 0 unspecified atom stereocenters. The van der Waals surface area contributed by atoms with Crippen LogP contribution in [-0.2, 0) is 0 Å². The topological polar surface area (TPSA) is 41.3 Å². The van der Waals surface area contributed by atoms with E-state index in [0.29, 0.717) is 30.7 Å². The highest BCUT2D eigenvalue weighted by atomic mass is 19.3. The van der Waals surface area contributed by atoms with Crippen molar-refractivity contribution in [2.24, 2.45) is 11.8 Å². The number of fused-ring (bicyclic) bond motifs is 1. The van der Waals surface area contributed by atoms with E-state index in [2.05, 4.69) is 10.00 Å². The van der Waals surface area contributed by atoms with Crippen LogP contribution in [0.3, 0.4) is 0 Å². The number of likely N-dealkylation sites (tertiary alicyclic amines) is 1. The molecule has 2 aliphatic carbocycles. The van der Waals surface area contributed by atoms with Crippen LogP contribution >= 0.6 is 0 Å². The second-order valence-electron chi connectivity index (χ2n) is 7.65. The molecule has 2 saturated carbocycles. The van der Waals surface area contributed by atoms with Crippen LogP contribution in [0.1, 0.15) is 44.6 Å². The summed E-state index contributed by atoms with van der Waals surface area (Å²) in [4.78, 5) is 2.42. The molecule has 128 valence electrons. The largest absolute Gasteiger partial charge is 0.391 e. The van der Waals surface area contributed by atoms with Crippen LogP contribution in [0.5, 0.6) is 0 Å². The van der Waals surface area contributed by atoms with Crippen LogP contribution < -0.4 is 0 Å². The first-order valence-corrected chi connectivity index (χ1v) is 8.81. The van der Waals surface area contributed by atoms with Crippen molar-refractivity contribution < 1.29 is 13.9 Å². The van der Waals surface area contributed by atoms with Gasteiger partial charge in [-0.15, -0.1) is 0 Å². The Labute approximate surface area is 135 Å². The van der Waals surface area contributed by atoms with Gasteiger partial charge >= 0.3 is 0 Å². The Kier molecular flexibility index (Phi) is 3.92. The average Bonchev–Trinajstić information content (AvgIpc) is 3.14. The number of aliphatic hydroxyl groups is 1. The number of aromatic nitrogens is 2. The number of rotatable bonds is 2. The minimum atomic E-state index is -2.45. The van der Waals surface area contributed by atoms with Crippen LogP contribution in [0.25, 0.3) is 0 Å². The predicted octanol–water partition coefficient (Wildman–Crippen LogP) is 2.70. The zero-order chi connectivity index (χ0) is 16.0. The number of alkyl halides is 2. The molecular formula is C17H25F2N3O. The molecule has 4 nitrogen and oxygen atoms in total. The van der Waals surface area contributed by atoms with Gasteiger partial charge in [-0.1, -0.05) is 0 Å². The third-order valence-corrected chi connectivity index (χ3v) is 6.21. The maximum absolute atomic E-state index is 13.4. The Morgan fingerprint density at radius 1 is 1.09 bits per heavy atom. The van der Waals surface area contributed by atoms with Crippen molar-refractivity contribution in [2.75, 3.05) is 13.1 Å². The van der Waals surface area contributed by atoms with Gasteiger partial charge in [-0.05, 0) is 43.6 Å². The molecule has 0 radical (unpaired) electrons. The zero-order valence-corrected chi connectivity index (χ0v) is 13.3. The van der Waals surface area contributed by atoms with E-state index >= 15 is 0 Å². The molecule has 4 rings (SSSR count). The van der Waals surface area contributed by atoms with Gasteiger partial charge in [-0.25, -0.2) is 8.78 Å². The summed E-state index contributed by atoms with van der Waals surface area (Å²) in [6, 6.07) is 2.25. The number of aliphatic hydroxyl groups excluding tert-OH is 1. The molecule has 6 heteroatoms. The molecule has 23 heavy (non-hydrogen) atoms. The molecule has 1 N–H and O–H groups in total. The summed E-state index contributed by atoms with van der Waals surface area (Å²) in [5.74, 6) is -1.40. The van der Waals surface area contributed by atoms with Crippen molar-refractivity contribution in [1.82, 2.24) is 14.7 Å². The van der Waals surface area contributed by atoms with Gasteiger partial charge in [-0.2, -0.15) is 5.10 Å². The molecule has 4 atom stereocenters. The summed E-state index contributed by atoms with van der Waals surface area (Å²) in [6.07, 6.45) is 6.33. The van der Waals surface area contributed by atoms with E-state index in [1.165, 1.54) is 0 Å². The summed E-state index contributed by atoms with van der Waals surface area (Å²) in [6.45, 7) is 1.95. The lowest BCUT2D eigenvalue weighted by Crippen LogP contribution is -2.39. The van der Waals surface area contributed by atoms with Crippen LogP contribution in [0.4, 0.5) is 8.78 Å². The fourth-order valence-electron chi connectivity index (χ4n) is 4.89. The molecule has 0 amide bonds. The number of hydrogen-bond donors (Lipinski definition) is 1. The van der Waals surface area contributed by atoms with E-state index in [1.807, 2.05) is 16.9 Å². The SMILES string of the molecule is O[C@H]1C[C@@H]2CN(C3CCC(F)(F)CC3)C[C@@H]2C[C@@H]1n1cccn1. The molecular weight excluding hydrogens is 300 g/mol. The summed E-state index contributed by atoms with van der Waals surface area (Å²) >= 11 is 0. The van der Waals surface area contributed by atoms with Gasteiger partial charge in [-0.3, -0.25) is 9.58 Å². The second kappa shape index (κ2) is 5.81. The van der Waals surface area contributed by atoms with E-state index < -0.39 is 5.92 Å². The molecule has 1 aromatic heterocycles. The van der Waals surface area contributed by atoms with E-state index in [9.17, 15) is 13.9 Å². The van der Waals surface area contributed by atoms with E-state index in [0.717, 1.165) is 25.9 Å².